The average Bonchev–Trinajstić information content (AvgIpc) is 2.09. The number of hydrogen-bond acceptors (Lipinski definition) is 2. The Morgan fingerprint density at radius 1 is 1.45 bits per heavy atom. The summed E-state index contributed by atoms with van der Waals surface area (Å²) < 4.78 is 0. The molecule has 0 fully saturated rings. The summed E-state index contributed by atoms with van der Waals surface area (Å²) in [6.45, 7) is 6.61. The van der Waals surface area contributed by atoms with Gasteiger partial charge in [-0.2, -0.15) is 0 Å². The highest BCUT2D eigenvalue weighted by atomic mass is 14.6. The SMILES string of the molecule is CC.Cc1cnccc1CN. The number of aryl methyl sites for hydroxylation is 1. The summed E-state index contributed by atoms with van der Waals surface area (Å²) in [4.78, 5) is 3.94. The second-order valence-electron chi connectivity index (χ2n) is 2.01. The zero-order valence-corrected chi connectivity index (χ0v) is 7.46. The second kappa shape index (κ2) is 5.86. The Labute approximate surface area is 68.5 Å². The fourth-order valence-corrected chi connectivity index (χ4v) is 0.731. The van der Waals surface area contributed by atoms with Gasteiger partial charge >= 0.3 is 0 Å². The van der Waals surface area contributed by atoms with Crippen molar-refractivity contribution < 1.29 is 0 Å². The van der Waals surface area contributed by atoms with Crippen molar-refractivity contribution in [1.82, 2.24) is 4.98 Å². The summed E-state index contributed by atoms with van der Waals surface area (Å²) in [5.41, 5.74) is 7.76. The van der Waals surface area contributed by atoms with E-state index in [0.717, 1.165) is 0 Å². The minimum Gasteiger partial charge on any atom is -0.326 e. The van der Waals surface area contributed by atoms with Crippen LogP contribution in [0.3, 0.4) is 0 Å². The predicted molar refractivity (Wildman–Crippen MR) is 48.2 cm³/mol. The van der Waals surface area contributed by atoms with Gasteiger partial charge in [0.2, 0.25) is 0 Å². The third-order valence-corrected chi connectivity index (χ3v) is 1.36. The van der Waals surface area contributed by atoms with E-state index in [4.69, 9.17) is 5.73 Å². The fraction of sp³-hybridized carbons (Fsp3) is 0.444. The van der Waals surface area contributed by atoms with Crippen molar-refractivity contribution >= 4 is 0 Å². The molecule has 0 bridgehead atoms. The predicted octanol–water partition coefficient (Wildman–Crippen LogP) is 1.87. The van der Waals surface area contributed by atoms with Crippen molar-refractivity contribution in [2.24, 2.45) is 5.73 Å². The number of hydrogen-bond donors (Lipinski definition) is 1. The molecule has 0 aromatic carbocycles. The molecule has 0 saturated heterocycles. The Balaban J connectivity index is 0.000000461. The molecule has 11 heavy (non-hydrogen) atoms. The fourth-order valence-electron chi connectivity index (χ4n) is 0.731. The molecule has 0 atom stereocenters. The van der Waals surface area contributed by atoms with Crippen LogP contribution in [0.25, 0.3) is 0 Å². The molecular weight excluding hydrogens is 136 g/mol. The molecular formula is C9H16N2. The van der Waals surface area contributed by atoms with Crippen molar-refractivity contribution in [2.75, 3.05) is 0 Å². The van der Waals surface area contributed by atoms with E-state index in [2.05, 4.69) is 4.98 Å². The largest absolute Gasteiger partial charge is 0.326 e. The van der Waals surface area contributed by atoms with Gasteiger partial charge in [0, 0.05) is 18.9 Å². The first-order chi connectivity index (χ1) is 5.34. The maximum absolute atomic E-state index is 5.42. The standard InChI is InChI=1S/C7H10N2.C2H6/c1-6-5-9-3-2-7(6)4-8;1-2/h2-3,5H,4,8H2,1H3;1-2H3. The molecule has 0 aliphatic rings. The zero-order valence-electron chi connectivity index (χ0n) is 7.46. The van der Waals surface area contributed by atoms with Crippen LogP contribution in [0.15, 0.2) is 18.5 Å². The smallest absolute Gasteiger partial charge is 0.0300 e. The van der Waals surface area contributed by atoms with Crippen molar-refractivity contribution in [2.45, 2.75) is 27.3 Å². The Hall–Kier alpha value is -0.890. The van der Waals surface area contributed by atoms with Crippen LogP contribution in [0.5, 0.6) is 0 Å². The van der Waals surface area contributed by atoms with Crippen LogP contribution in [0.4, 0.5) is 0 Å². The summed E-state index contributed by atoms with van der Waals surface area (Å²) in [5, 5.41) is 0. The first kappa shape index (κ1) is 10.1. The highest BCUT2D eigenvalue weighted by molar-refractivity contribution is 5.20. The highest BCUT2D eigenvalue weighted by Crippen LogP contribution is 2.01. The van der Waals surface area contributed by atoms with Gasteiger partial charge in [-0.25, -0.2) is 0 Å². The van der Waals surface area contributed by atoms with Gasteiger partial charge in [-0.3, -0.25) is 4.98 Å². The van der Waals surface area contributed by atoms with Crippen LogP contribution >= 0.6 is 0 Å². The van der Waals surface area contributed by atoms with E-state index < -0.39 is 0 Å². The van der Waals surface area contributed by atoms with Crippen molar-refractivity contribution in [3.8, 4) is 0 Å². The van der Waals surface area contributed by atoms with E-state index in [0.29, 0.717) is 6.54 Å². The number of rotatable bonds is 1. The normalized spacial score (nSPS) is 8.36. The summed E-state index contributed by atoms with van der Waals surface area (Å²) >= 11 is 0. The Bertz CT molecular complexity index is 197. The lowest BCUT2D eigenvalue weighted by atomic mass is 10.2. The Morgan fingerprint density at radius 3 is 2.45 bits per heavy atom. The van der Waals surface area contributed by atoms with Gasteiger partial charge < -0.3 is 5.73 Å². The molecule has 2 nitrogen and oxygen atoms in total. The lowest BCUT2D eigenvalue weighted by Crippen LogP contribution is -1.98. The van der Waals surface area contributed by atoms with Crippen molar-refractivity contribution in [3.63, 3.8) is 0 Å². The molecule has 0 unspecified atom stereocenters. The summed E-state index contributed by atoms with van der Waals surface area (Å²) in [6, 6.07) is 1.94. The van der Waals surface area contributed by atoms with Crippen LogP contribution in [0, 0.1) is 6.92 Å². The number of aromatic nitrogens is 1. The molecule has 0 amide bonds. The lowest BCUT2D eigenvalue weighted by molar-refractivity contribution is 1.03. The maximum atomic E-state index is 5.42. The molecule has 0 radical (unpaired) electrons. The molecule has 1 aromatic heterocycles. The number of nitrogens with zero attached hydrogens (tertiary/aromatic N) is 1. The minimum absolute atomic E-state index is 0.606. The summed E-state index contributed by atoms with van der Waals surface area (Å²) in [5.74, 6) is 0. The van der Waals surface area contributed by atoms with Gasteiger partial charge in [-0.15, -0.1) is 0 Å². The lowest BCUT2D eigenvalue weighted by Gasteiger charge is -1.97. The quantitative estimate of drug-likeness (QED) is 0.667. The van der Waals surface area contributed by atoms with E-state index in [1.807, 2.05) is 33.0 Å². The Kier molecular flexibility index (Phi) is 5.39. The van der Waals surface area contributed by atoms with E-state index >= 15 is 0 Å². The van der Waals surface area contributed by atoms with Gasteiger partial charge in [0.15, 0.2) is 0 Å². The molecule has 1 heterocycles. The molecule has 0 aliphatic heterocycles. The molecule has 0 spiro atoms. The first-order valence-electron chi connectivity index (χ1n) is 3.94. The van der Waals surface area contributed by atoms with Gasteiger partial charge in [-0.05, 0) is 24.1 Å². The van der Waals surface area contributed by atoms with Crippen LogP contribution in [-0.4, -0.2) is 4.98 Å². The first-order valence-corrected chi connectivity index (χ1v) is 3.94. The van der Waals surface area contributed by atoms with Gasteiger partial charge in [0.05, 0.1) is 0 Å². The number of nitrogens with two attached hydrogens (primary N) is 1. The van der Waals surface area contributed by atoms with E-state index in [1.165, 1.54) is 11.1 Å². The second-order valence-corrected chi connectivity index (χ2v) is 2.01. The van der Waals surface area contributed by atoms with Gasteiger partial charge in [0.25, 0.3) is 0 Å². The van der Waals surface area contributed by atoms with Crippen LogP contribution in [-0.2, 0) is 6.54 Å². The summed E-state index contributed by atoms with van der Waals surface area (Å²) in [6.07, 6.45) is 3.58. The third-order valence-electron chi connectivity index (χ3n) is 1.36. The third kappa shape index (κ3) is 3.14. The summed E-state index contributed by atoms with van der Waals surface area (Å²) in [7, 11) is 0. The topological polar surface area (TPSA) is 38.9 Å². The minimum atomic E-state index is 0.606. The van der Waals surface area contributed by atoms with Gasteiger partial charge in [0.1, 0.15) is 0 Å². The van der Waals surface area contributed by atoms with Gasteiger partial charge in [-0.1, -0.05) is 13.8 Å². The molecule has 2 N–H and O–H groups in total. The Morgan fingerprint density at radius 2 is 2.09 bits per heavy atom. The van der Waals surface area contributed by atoms with Crippen molar-refractivity contribution in [1.29, 1.82) is 0 Å². The van der Waals surface area contributed by atoms with Crippen molar-refractivity contribution in [3.05, 3.63) is 29.6 Å². The highest BCUT2D eigenvalue weighted by Gasteiger charge is 1.90. The van der Waals surface area contributed by atoms with Crippen LogP contribution in [0.1, 0.15) is 25.0 Å². The van der Waals surface area contributed by atoms with Crippen LogP contribution in [0.2, 0.25) is 0 Å². The molecule has 1 rings (SSSR count). The van der Waals surface area contributed by atoms with Crippen LogP contribution < -0.4 is 5.73 Å². The zero-order chi connectivity index (χ0) is 8.69. The number of pyridine rings is 1. The molecule has 0 aliphatic carbocycles. The molecule has 62 valence electrons. The molecule has 0 saturated carbocycles. The van der Waals surface area contributed by atoms with E-state index in [9.17, 15) is 0 Å². The molecule has 1 aromatic rings. The molecule has 2 heteroatoms. The van der Waals surface area contributed by atoms with E-state index in [-0.39, 0.29) is 0 Å². The monoisotopic (exact) mass is 152 g/mol. The maximum Gasteiger partial charge on any atom is 0.0300 e. The van der Waals surface area contributed by atoms with E-state index in [1.54, 1.807) is 6.20 Å². The average molecular weight is 152 g/mol.